The van der Waals surface area contributed by atoms with E-state index >= 15 is 0 Å². The molecule has 0 aliphatic heterocycles. The average molecular weight is 252 g/mol. The zero-order valence-corrected chi connectivity index (χ0v) is 11.1. The zero-order valence-electron chi connectivity index (χ0n) is 11.1. The summed E-state index contributed by atoms with van der Waals surface area (Å²) in [5.41, 5.74) is 2.11. The molecule has 2 aromatic carbocycles. The van der Waals surface area contributed by atoms with Gasteiger partial charge in [0.1, 0.15) is 0 Å². The predicted octanol–water partition coefficient (Wildman–Crippen LogP) is 3.47. The molecule has 1 atom stereocenters. The van der Waals surface area contributed by atoms with E-state index in [1.807, 2.05) is 48.5 Å². The number of benzene rings is 2. The van der Waals surface area contributed by atoms with E-state index < -0.39 is 0 Å². The molecule has 2 heteroatoms. The van der Waals surface area contributed by atoms with Crippen LogP contribution in [-0.4, -0.2) is 14.2 Å². The minimum Gasteiger partial charge on any atom is -0.493 e. The third kappa shape index (κ3) is 2.71. The molecule has 0 saturated heterocycles. The number of hydrogen-bond acceptors (Lipinski definition) is 2. The van der Waals surface area contributed by atoms with Crippen molar-refractivity contribution in [3.63, 3.8) is 0 Å². The summed E-state index contributed by atoms with van der Waals surface area (Å²) < 4.78 is 10.5. The molecule has 96 valence electrons. The van der Waals surface area contributed by atoms with E-state index in [0.717, 1.165) is 11.1 Å². The Hall–Kier alpha value is -2.40. The fourth-order valence-corrected chi connectivity index (χ4v) is 2.06. The first-order valence-electron chi connectivity index (χ1n) is 6.03. The van der Waals surface area contributed by atoms with E-state index in [2.05, 4.69) is 5.92 Å². The van der Waals surface area contributed by atoms with Gasteiger partial charge in [-0.1, -0.05) is 42.3 Å². The molecule has 0 N–H and O–H groups in total. The van der Waals surface area contributed by atoms with E-state index in [-0.39, 0.29) is 5.92 Å². The first-order valence-corrected chi connectivity index (χ1v) is 6.03. The Bertz CT molecular complexity index is 582. The molecule has 0 heterocycles. The highest BCUT2D eigenvalue weighted by molar-refractivity contribution is 5.48. The molecule has 0 fully saturated rings. The van der Waals surface area contributed by atoms with Gasteiger partial charge in [0, 0.05) is 0 Å². The van der Waals surface area contributed by atoms with Crippen LogP contribution in [0.2, 0.25) is 0 Å². The van der Waals surface area contributed by atoms with Crippen molar-refractivity contribution < 1.29 is 9.47 Å². The summed E-state index contributed by atoms with van der Waals surface area (Å²) in [5.74, 6) is 4.14. The maximum absolute atomic E-state index is 5.68. The lowest BCUT2D eigenvalue weighted by Crippen LogP contribution is -1.99. The van der Waals surface area contributed by atoms with E-state index in [1.54, 1.807) is 14.2 Å². The topological polar surface area (TPSA) is 18.5 Å². The largest absolute Gasteiger partial charge is 0.493 e. The third-order valence-corrected chi connectivity index (χ3v) is 3.04. The van der Waals surface area contributed by atoms with Crippen molar-refractivity contribution in [3.8, 4) is 23.8 Å². The standard InChI is InChI=1S/C17H16O2/c1-4-15(13-8-6-5-7-9-13)14-10-11-16(18-2)17(12-14)19-3/h1,5-12,15H,2-3H3. The summed E-state index contributed by atoms with van der Waals surface area (Å²) in [6.07, 6.45) is 5.68. The molecule has 2 aromatic rings. The van der Waals surface area contributed by atoms with Crippen LogP contribution in [0.25, 0.3) is 0 Å². The molecular formula is C17H16O2. The third-order valence-electron chi connectivity index (χ3n) is 3.04. The summed E-state index contributed by atoms with van der Waals surface area (Å²) in [4.78, 5) is 0. The second kappa shape index (κ2) is 5.97. The van der Waals surface area contributed by atoms with Crippen LogP contribution in [0.3, 0.4) is 0 Å². The van der Waals surface area contributed by atoms with Gasteiger partial charge >= 0.3 is 0 Å². The van der Waals surface area contributed by atoms with Crippen LogP contribution in [0.1, 0.15) is 17.0 Å². The first-order chi connectivity index (χ1) is 9.30. The molecule has 0 saturated carbocycles. The van der Waals surface area contributed by atoms with Gasteiger partial charge in [-0.05, 0) is 23.3 Å². The molecule has 0 aliphatic rings. The highest BCUT2D eigenvalue weighted by Crippen LogP contribution is 2.32. The van der Waals surface area contributed by atoms with Crippen molar-refractivity contribution in [2.75, 3.05) is 14.2 Å². The number of ether oxygens (including phenoxy) is 2. The molecule has 0 spiro atoms. The second-order valence-electron chi connectivity index (χ2n) is 4.12. The Morgan fingerprint density at radius 1 is 0.895 bits per heavy atom. The van der Waals surface area contributed by atoms with Gasteiger partial charge in [0.15, 0.2) is 11.5 Å². The van der Waals surface area contributed by atoms with Crippen LogP contribution in [-0.2, 0) is 0 Å². The Morgan fingerprint density at radius 3 is 2.16 bits per heavy atom. The lowest BCUT2D eigenvalue weighted by molar-refractivity contribution is 0.354. The van der Waals surface area contributed by atoms with Crippen molar-refractivity contribution in [1.29, 1.82) is 0 Å². The lowest BCUT2D eigenvalue weighted by Gasteiger charge is -2.14. The molecule has 1 unspecified atom stereocenters. The van der Waals surface area contributed by atoms with Gasteiger partial charge in [-0.25, -0.2) is 0 Å². The van der Waals surface area contributed by atoms with E-state index in [0.29, 0.717) is 11.5 Å². The summed E-state index contributed by atoms with van der Waals surface area (Å²) >= 11 is 0. The molecule has 2 rings (SSSR count). The highest BCUT2D eigenvalue weighted by Gasteiger charge is 2.13. The van der Waals surface area contributed by atoms with Crippen LogP contribution < -0.4 is 9.47 Å². The Morgan fingerprint density at radius 2 is 1.58 bits per heavy atom. The van der Waals surface area contributed by atoms with Gasteiger partial charge in [-0.3, -0.25) is 0 Å². The summed E-state index contributed by atoms with van der Waals surface area (Å²) in [6.45, 7) is 0. The van der Waals surface area contributed by atoms with Gasteiger partial charge < -0.3 is 9.47 Å². The summed E-state index contributed by atoms with van der Waals surface area (Å²) in [6, 6.07) is 15.8. The summed E-state index contributed by atoms with van der Waals surface area (Å²) in [5, 5.41) is 0. The van der Waals surface area contributed by atoms with Crippen LogP contribution in [0.4, 0.5) is 0 Å². The average Bonchev–Trinajstić information content (AvgIpc) is 2.49. The van der Waals surface area contributed by atoms with Gasteiger partial charge in [-0.2, -0.15) is 0 Å². The maximum atomic E-state index is 5.68. The van der Waals surface area contributed by atoms with Crippen LogP contribution in [0, 0.1) is 12.3 Å². The molecule has 0 bridgehead atoms. The Kier molecular flexibility index (Phi) is 4.10. The van der Waals surface area contributed by atoms with E-state index in [9.17, 15) is 0 Å². The quantitative estimate of drug-likeness (QED) is 0.776. The predicted molar refractivity (Wildman–Crippen MR) is 76.7 cm³/mol. The Balaban J connectivity index is 2.43. The highest BCUT2D eigenvalue weighted by atomic mass is 16.5. The molecular weight excluding hydrogens is 236 g/mol. The minimum atomic E-state index is -0.0824. The van der Waals surface area contributed by atoms with Crippen molar-refractivity contribution in [2.45, 2.75) is 5.92 Å². The number of hydrogen-bond donors (Lipinski definition) is 0. The normalized spacial score (nSPS) is 11.4. The molecule has 19 heavy (non-hydrogen) atoms. The van der Waals surface area contributed by atoms with Gasteiger partial charge in [0.25, 0.3) is 0 Å². The number of terminal acetylenes is 1. The van der Waals surface area contributed by atoms with E-state index in [4.69, 9.17) is 15.9 Å². The van der Waals surface area contributed by atoms with Crippen molar-refractivity contribution in [2.24, 2.45) is 0 Å². The van der Waals surface area contributed by atoms with Gasteiger partial charge in [0.05, 0.1) is 20.1 Å². The Labute approximate surface area is 114 Å². The van der Waals surface area contributed by atoms with E-state index in [1.165, 1.54) is 0 Å². The smallest absolute Gasteiger partial charge is 0.161 e. The van der Waals surface area contributed by atoms with Gasteiger partial charge in [0.2, 0.25) is 0 Å². The van der Waals surface area contributed by atoms with Crippen LogP contribution >= 0.6 is 0 Å². The summed E-state index contributed by atoms with van der Waals surface area (Å²) in [7, 11) is 3.24. The SMILES string of the molecule is C#CC(c1ccccc1)c1ccc(OC)c(OC)c1. The molecule has 0 aromatic heterocycles. The molecule has 2 nitrogen and oxygen atoms in total. The first kappa shape index (κ1) is 13.0. The molecule has 0 radical (unpaired) electrons. The minimum absolute atomic E-state index is 0.0824. The maximum Gasteiger partial charge on any atom is 0.161 e. The van der Waals surface area contributed by atoms with Gasteiger partial charge in [-0.15, -0.1) is 6.42 Å². The lowest BCUT2D eigenvalue weighted by atomic mass is 9.92. The monoisotopic (exact) mass is 252 g/mol. The molecule has 0 aliphatic carbocycles. The number of methoxy groups -OCH3 is 2. The van der Waals surface area contributed by atoms with Crippen LogP contribution in [0.5, 0.6) is 11.5 Å². The zero-order chi connectivity index (χ0) is 13.7. The van der Waals surface area contributed by atoms with Crippen molar-refractivity contribution in [1.82, 2.24) is 0 Å². The molecule has 0 amide bonds. The fourth-order valence-electron chi connectivity index (χ4n) is 2.06. The number of rotatable bonds is 4. The van der Waals surface area contributed by atoms with Crippen molar-refractivity contribution in [3.05, 3.63) is 59.7 Å². The second-order valence-corrected chi connectivity index (χ2v) is 4.12. The van der Waals surface area contributed by atoms with Crippen LogP contribution in [0.15, 0.2) is 48.5 Å². The van der Waals surface area contributed by atoms with Crippen molar-refractivity contribution >= 4 is 0 Å². The fraction of sp³-hybridized carbons (Fsp3) is 0.176.